The highest BCUT2D eigenvalue weighted by molar-refractivity contribution is 6.21. The number of alkyl halides is 3. The van der Waals surface area contributed by atoms with Crippen LogP contribution in [0.5, 0.6) is 0 Å². The SMILES string of the molecule is OC[C@H]1O[C@@H](O[C@]2(CCl)O[C@H](CCl)[C@@H](O)[C@@H]2O)[C@H](O)[C@@H](O)[C@H]1Cl. The molecule has 0 aromatic rings. The van der Waals surface area contributed by atoms with Crippen molar-refractivity contribution in [2.24, 2.45) is 0 Å². The summed E-state index contributed by atoms with van der Waals surface area (Å²) in [5, 5.41) is 48.1. The van der Waals surface area contributed by atoms with Crippen LogP contribution in [0, 0.1) is 0 Å². The average molecular weight is 398 g/mol. The Labute approximate surface area is 147 Å². The van der Waals surface area contributed by atoms with Gasteiger partial charge in [0, 0.05) is 0 Å². The molecule has 0 unspecified atom stereocenters. The number of aliphatic hydroxyl groups excluding tert-OH is 5. The van der Waals surface area contributed by atoms with Gasteiger partial charge >= 0.3 is 0 Å². The fraction of sp³-hybridized carbons (Fsp3) is 1.00. The van der Waals surface area contributed by atoms with Gasteiger partial charge in [-0.25, -0.2) is 0 Å². The molecule has 2 rings (SSSR count). The minimum absolute atomic E-state index is 0.125. The fourth-order valence-electron chi connectivity index (χ4n) is 2.56. The first-order valence-electron chi connectivity index (χ1n) is 6.91. The van der Waals surface area contributed by atoms with Crippen LogP contribution in [0.1, 0.15) is 0 Å². The predicted molar refractivity (Wildman–Crippen MR) is 79.5 cm³/mol. The second kappa shape index (κ2) is 7.84. The maximum atomic E-state index is 10.1. The molecule has 2 saturated heterocycles. The fourth-order valence-corrected chi connectivity index (χ4v) is 3.37. The highest BCUT2D eigenvalue weighted by Gasteiger charge is 2.58. The van der Waals surface area contributed by atoms with Crippen molar-refractivity contribution in [3.8, 4) is 0 Å². The molecule has 5 N–H and O–H groups in total. The summed E-state index contributed by atoms with van der Waals surface area (Å²) in [7, 11) is 0. The number of aliphatic hydroxyl groups is 5. The van der Waals surface area contributed by atoms with Crippen LogP contribution < -0.4 is 0 Å². The Kier molecular flexibility index (Phi) is 6.77. The number of hydrogen-bond donors (Lipinski definition) is 5. The van der Waals surface area contributed by atoms with Crippen molar-refractivity contribution in [2.75, 3.05) is 18.4 Å². The smallest absolute Gasteiger partial charge is 0.214 e. The number of hydrogen-bond acceptors (Lipinski definition) is 8. The molecule has 2 heterocycles. The Bertz CT molecular complexity index is 403. The minimum Gasteiger partial charge on any atom is -0.394 e. The van der Waals surface area contributed by atoms with Crippen LogP contribution in [-0.4, -0.2) is 98.0 Å². The number of rotatable bonds is 5. The normalized spacial score (nSPS) is 51.1. The van der Waals surface area contributed by atoms with Gasteiger partial charge in [0.2, 0.25) is 5.79 Å². The van der Waals surface area contributed by atoms with E-state index in [0.29, 0.717) is 0 Å². The molecule has 0 aromatic heterocycles. The van der Waals surface area contributed by atoms with Gasteiger partial charge in [0.1, 0.15) is 36.6 Å². The van der Waals surface area contributed by atoms with Crippen molar-refractivity contribution in [3.05, 3.63) is 0 Å². The number of halogens is 3. The first-order valence-corrected chi connectivity index (χ1v) is 8.42. The molecule has 0 spiro atoms. The molecule has 11 heteroatoms. The first-order chi connectivity index (χ1) is 10.8. The monoisotopic (exact) mass is 396 g/mol. The third-order valence-electron chi connectivity index (χ3n) is 3.96. The van der Waals surface area contributed by atoms with Gasteiger partial charge in [0.05, 0.1) is 23.7 Å². The largest absolute Gasteiger partial charge is 0.394 e. The maximum Gasteiger partial charge on any atom is 0.214 e. The Morgan fingerprint density at radius 3 is 2.13 bits per heavy atom. The molecule has 0 aromatic carbocycles. The van der Waals surface area contributed by atoms with Gasteiger partial charge in [-0.1, -0.05) is 0 Å². The van der Waals surface area contributed by atoms with Gasteiger partial charge in [-0.15, -0.1) is 34.8 Å². The molecular weight excluding hydrogens is 378 g/mol. The minimum atomic E-state index is -1.90. The van der Waals surface area contributed by atoms with E-state index in [0.717, 1.165) is 0 Å². The third kappa shape index (κ3) is 3.58. The Morgan fingerprint density at radius 2 is 1.65 bits per heavy atom. The van der Waals surface area contributed by atoms with Gasteiger partial charge in [-0.3, -0.25) is 0 Å². The zero-order chi connectivity index (χ0) is 17.4. The van der Waals surface area contributed by atoms with Crippen LogP contribution in [0.2, 0.25) is 0 Å². The van der Waals surface area contributed by atoms with Crippen molar-refractivity contribution in [2.45, 2.75) is 54.1 Å². The summed E-state index contributed by atoms with van der Waals surface area (Å²) in [4.78, 5) is 0. The molecule has 0 saturated carbocycles. The summed E-state index contributed by atoms with van der Waals surface area (Å²) >= 11 is 17.3. The average Bonchev–Trinajstić information content (AvgIpc) is 2.80. The molecule has 0 aliphatic carbocycles. The summed E-state index contributed by atoms with van der Waals surface area (Å²) in [6.45, 7) is -0.526. The van der Waals surface area contributed by atoms with E-state index >= 15 is 0 Å². The number of ether oxygens (including phenoxy) is 3. The zero-order valence-electron chi connectivity index (χ0n) is 11.8. The van der Waals surface area contributed by atoms with E-state index in [2.05, 4.69) is 0 Å². The van der Waals surface area contributed by atoms with Crippen molar-refractivity contribution in [1.29, 1.82) is 0 Å². The van der Waals surface area contributed by atoms with Gasteiger partial charge in [0.15, 0.2) is 6.29 Å². The highest BCUT2D eigenvalue weighted by atomic mass is 35.5. The highest BCUT2D eigenvalue weighted by Crippen LogP contribution is 2.37. The molecule has 23 heavy (non-hydrogen) atoms. The molecule has 9 atom stereocenters. The van der Waals surface area contributed by atoms with Crippen LogP contribution >= 0.6 is 34.8 Å². The van der Waals surface area contributed by atoms with Crippen molar-refractivity contribution >= 4 is 34.8 Å². The van der Waals surface area contributed by atoms with Crippen LogP contribution in [-0.2, 0) is 14.2 Å². The Balaban J connectivity index is 2.18. The van der Waals surface area contributed by atoms with E-state index in [4.69, 9.17) is 49.0 Å². The first kappa shape index (κ1) is 19.9. The lowest BCUT2D eigenvalue weighted by molar-refractivity contribution is -0.357. The molecule has 0 amide bonds. The van der Waals surface area contributed by atoms with Crippen LogP contribution in [0.15, 0.2) is 0 Å². The lowest BCUT2D eigenvalue weighted by Gasteiger charge is -2.43. The summed E-state index contributed by atoms with van der Waals surface area (Å²) in [6.07, 6.45) is -9.39. The molecule has 0 bridgehead atoms. The molecule has 0 radical (unpaired) electrons. The standard InChI is InChI=1S/C12H19Cl3O8/c13-1-4-7(17)10(20)12(3-14,22-4)23-11-9(19)8(18)6(15)5(2-16)21-11/h4-11,16-20H,1-3H2/t4-,5-,6+,7-,8+,9-,10+,11+,12+/m1/s1. The van der Waals surface area contributed by atoms with Gasteiger partial charge < -0.3 is 39.7 Å². The molecule has 2 aliphatic heterocycles. The van der Waals surface area contributed by atoms with Crippen molar-refractivity contribution in [1.82, 2.24) is 0 Å². The summed E-state index contributed by atoms with van der Waals surface area (Å²) < 4.78 is 16.1. The molecule has 2 fully saturated rings. The summed E-state index contributed by atoms with van der Waals surface area (Å²) in [5.74, 6) is -2.43. The maximum absolute atomic E-state index is 10.1. The molecule has 136 valence electrons. The van der Waals surface area contributed by atoms with Crippen molar-refractivity contribution < 1.29 is 39.7 Å². The lowest BCUT2D eigenvalue weighted by Crippen LogP contribution is -2.61. The van der Waals surface area contributed by atoms with Crippen LogP contribution in [0.3, 0.4) is 0 Å². The zero-order valence-corrected chi connectivity index (χ0v) is 14.1. The van der Waals surface area contributed by atoms with Gasteiger partial charge in [-0.2, -0.15) is 0 Å². The summed E-state index contributed by atoms with van der Waals surface area (Å²) in [6, 6.07) is 0. The van der Waals surface area contributed by atoms with E-state index < -0.39 is 66.6 Å². The quantitative estimate of drug-likeness (QED) is 0.349. The second-order valence-electron chi connectivity index (χ2n) is 5.46. The van der Waals surface area contributed by atoms with Crippen molar-refractivity contribution in [3.63, 3.8) is 0 Å². The summed E-state index contributed by atoms with van der Waals surface area (Å²) in [5.41, 5.74) is 0. The predicted octanol–water partition coefficient (Wildman–Crippen LogP) is -1.66. The Hall–Kier alpha value is 0.550. The van der Waals surface area contributed by atoms with E-state index in [9.17, 15) is 25.5 Å². The van der Waals surface area contributed by atoms with E-state index in [1.807, 2.05) is 0 Å². The van der Waals surface area contributed by atoms with Crippen LogP contribution in [0.25, 0.3) is 0 Å². The molecule has 8 nitrogen and oxygen atoms in total. The van der Waals surface area contributed by atoms with E-state index in [1.165, 1.54) is 0 Å². The second-order valence-corrected chi connectivity index (χ2v) is 6.54. The van der Waals surface area contributed by atoms with Crippen LogP contribution in [0.4, 0.5) is 0 Å². The molecule has 2 aliphatic rings. The third-order valence-corrected chi connectivity index (χ3v) is 5.17. The van der Waals surface area contributed by atoms with E-state index in [-0.39, 0.29) is 5.88 Å². The van der Waals surface area contributed by atoms with E-state index in [1.54, 1.807) is 0 Å². The Morgan fingerprint density at radius 1 is 1.00 bits per heavy atom. The topological polar surface area (TPSA) is 129 Å². The lowest BCUT2D eigenvalue weighted by atomic mass is 10.0. The van der Waals surface area contributed by atoms with Gasteiger partial charge in [0.25, 0.3) is 0 Å². The molecular formula is C12H19Cl3O8. The van der Waals surface area contributed by atoms with Gasteiger partial charge in [-0.05, 0) is 0 Å².